The second-order valence-corrected chi connectivity index (χ2v) is 4.90. The van der Waals surface area contributed by atoms with Crippen LogP contribution < -0.4 is 5.32 Å². The average molecular weight is 248 g/mol. The largest absolute Gasteiger partial charge is 0.384 e. The highest BCUT2D eigenvalue weighted by Gasteiger charge is 2.00. The van der Waals surface area contributed by atoms with E-state index in [-0.39, 0.29) is 5.82 Å². The van der Waals surface area contributed by atoms with Crippen molar-refractivity contribution in [2.24, 2.45) is 0 Å². The molecule has 1 N–H and O–H groups in total. The van der Waals surface area contributed by atoms with Crippen LogP contribution in [0.25, 0.3) is 0 Å². The van der Waals surface area contributed by atoms with Gasteiger partial charge in [0.1, 0.15) is 5.82 Å². The Balaban J connectivity index is 2.31. The van der Waals surface area contributed by atoms with E-state index in [0.717, 1.165) is 30.2 Å². The van der Waals surface area contributed by atoms with Gasteiger partial charge in [0.15, 0.2) is 0 Å². The number of thioether (sulfide) groups is 1. The van der Waals surface area contributed by atoms with Gasteiger partial charge in [-0.05, 0) is 36.1 Å². The predicted octanol–water partition coefficient (Wildman–Crippen LogP) is 4.03. The van der Waals surface area contributed by atoms with Gasteiger partial charge in [0.05, 0.1) is 10.7 Å². The SMILES string of the molecule is CCSCCCNc1ccc(F)cc1Cl. The van der Waals surface area contributed by atoms with Crippen LogP contribution >= 0.6 is 23.4 Å². The molecule has 0 fully saturated rings. The van der Waals surface area contributed by atoms with Crippen LogP contribution in [-0.4, -0.2) is 18.1 Å². The summed E-state index contributed by atoms with van der Waals surface area (Å²) in [6.07, 6.45) is 1.09. The van der Waals surface area contributed by atoms with Gasteiger partial charge in [-0.25, -0.2) is 4.39 Å². The minimum atomic E-state index is -0.299. The maximum Gasteiger partial charge on any atom is 0.124 e. The number of rotatable bonds is 6. The van der Waals surface area contributed by atoms with Crippen LogP contribution in [0.2, 0.25) is 5.02 Å². The Hall–Kier alpha value is -0.410. The minimum absolute atomic E-state index is 0.299. The third-order valence-corrected chi connectivity index (χ3v) is 3.21. The first kappa shape index (κ1) is 12.7. The standard InChI is InChI=1S/C11H15ClFNS/c1-2-15-7-3-6-14-11-5-4-9(13)8-10(11)12/h4-5,8,14H,2-3,6-7H2,1H3. The molecular weight excluding hydrogens is 233 g/mol. The van der Waals surface area contributed by atoms with Crippen molar-refractivity contribution in [1.29, 1.82) is 0 Å². The van der Waals surface area contributed by atoms with Crippen LogP contribution in [-0.2, 0) is 0 Å². The summed E-state index contributed by atoms with van der Waals surface area (Å²) in [5, 5.41) is 3.63. The molecule has 1 aromatic carbocycles. The van der Waals surface area contributed by atoms with E-state index < -0.39 is 0 Å². The Bertz CT molecular complexity index is 307. The molecule has 0 amide bonds. The number of nitrogens with one attached hydrogen (secondary N) is 1. The van der Waals surface area contributed by atoms with Crippen molar-refractivity contribution in [2.45, 2.75) is 13.3 Å². The molecule has 0 unspecified atom stereocenters. The molecule has 0 heterocycles. The lowest BCUT2D eigenvalue weighted by Crippen LogP contribution is -2.03. The number of benzene rings is 1. The summed E-state index contributed by atoms with van der Waals surface area (Å²) < 4.78 is 12.7. The summed E-state index contributed by atoms with van der Waals surface area (Å²) in [7, 11) is 0. The van der Waals surface area contributed by atoms with E-state index in [1.165, 1.54) is 12.1 Å². The van der Waals surface area contributed by atoms with Crippen LogP contribution in [0.1, 0.15) is 13.3 Å². The van der Waals surface area contributed by atoms with Gasteiger partial charge >= 0.3 is 0 Å². The molecule has 0 spiro atoms. The third kappa shape index (κ3) is 4.76. The number of anilines is 1. The van der Waals surface area contributed by atoms with Crippen molar-refractivity contribution in [3.63, 3.8) is 0 Å². The highest BCUT2D eigenvalue weighted by Crippen LogP contribution is 2.22. The molecule has 4 heteroatoms. The molecule has 0 saturated carbocycles. The molecule has 0 atom stereocenters. The van der Waals surface area contributed by atoms with E-state index in [1.807, 2.05) is 11.8 Å². The molecule has 0 radical (unpaired) electrons. The lowest BCUT2D eigenvalue weighted by Gasteiger charge is -2.07. The van der Waals surface area contributed by atoms with Crippen LogP contribution in [0.5, 0.6) is 0 Å². The molecule has 0 bridgehead atoms. The van der Waals surface area contributed by atoms with Crippen LogP contribution in [0.3, 0.4) is 0 Å². The summed E-state index contributed by atoms with van der Waals surface area (Å²) in [5.41, 5.74) is 0.805. The van der Waals surface area contributed by atoms with Gasteiger partial charge < -0.3 is 5.32 Å². The van der Waals surface area contributed by atoms with Crippen LogP contribution in [0.4, 0.5) is 10.1 Å². The van der Waals surface area contributed by atoms with Crippen molar-refractivity contribution in [1.82, 2.24) is 0 Å². The Morgan fingerprint density at radius 2 is 2.27 bits per heavy atom. The van der Waals surface area contributed by atoms with E-state index in [9.17, 15) is 4.39 Å². The molecule has 1 rings (SSSR count). The number of hydrogen-bond donors (Lipinski definition) is 1. The fraction of sp³-hybridized carbons (Fsp3) is 0.455. The summed E-state index contributed by atoms with van der Waals surface area (Å²) in [6, 6.07) is 4.41. The highest BCUT2D eigenvalue weighted by atomic mass is 35.5. The zero-order valence-corrected chi connectivity index (χ0v) is 10.3. The molecule has 1 aromatic rings. The Kier molecular flexibility index (Phi) is 5.88. The molecule has 1 nitrogen and oxygen atoms in total. The minimum Gasteiger partial charge on any atom is -0.384 e. The zero-order chi connectivity index (χ0) is 11.1. The lowest BCUT2D eigenvalue weighted by atomic mass is 10.3. The van der Waals surface area contributed by atoms with Crippen molar-refractivity contribution in [2.75, 3.05) is 23.4 Å². The molecule has 0 aliphatic carbocycles. The first-order valence-corrected chi connectivity index (χ1v) is 6.54. The zero-order valence-electron chi connectivity index (χ0n) is 8.72. The summed E-state index contributed by atoms with van der Waals surface area (Å²) in [6.45, 7) is 3.02. The van der Waals surface area contributed by atoms with Gasteiger partial charge in [-0.2, -0.15) is 11.8 Å². The molecule has 0 aliphatic rings. The molecule has 84 valence electrons. The quantitative estimate of drug-likeness (QED) is 0.762. The fourth-order valence-corrected chi connectivity index (χ4v) is 2.05. The van der Waals surface area contributed by atoms with E-state index >= 15 is 0 Å². The second-order valence-electron chi connectivity index (χ2n) is 3.10. The van der Waals surface area contributed by atoms with E-state index in [2.05, 4.69) is 12.2 Å². The normalized spacial score (nSPS) is 10.3. The van der Waals surface area contributed by atoms with Crippen LogP contribution in [0.15, 0.2) is 18.2 Å². The van der Waals surface area contributed by atoms with E-state index in [0.29, 0.717) is 5.02 Å². The Morgan fingerprint density at radius 1 is 1.47 bits per heavy atom. The van der Waals surface area contributed by atoms with Crippen LogP contribution in [0, 0.1) is 5.82 Å². The highest BCUT2D eigenvalue weighted by molar-refractivity contribution is 7.99. The third-order valence-electron chi connectivity index (χ3n) is 1.92. The van der Waals surface area contributed by atoms with Gasteiger partial charge in [0.25, 0.3) is 0 Å². The predicted molar refractivity (Wildman–Crippen MR) is 67.5 cm³/mol. The topological polar surface area (TPSA) is 12.0 Å². The number of halogens is 2. The molecule has 15 heavy (non-hydrogen) atoms. The Labute approximate surface area is 99.4 Å². The summed E-state index contributed by atoms with van der Waals surface area (Å²) in [5.74, 6) is 1.99. The lowest BCUT2D eigenvalue weighted by molar-refractivity contribution is 0.628. The van der Waals surface area contributed by atoms with Crippen molar-refractivity contribution in [3.8, 4) is 0 Å². The molecule has 0 saturated heterocycles. The maximum absolute atomic E-state index is 12.7. The average Bonchev–Trinajstić information content (AvgIpc) is 2.20. The second kappa shape index (κ2) is 6.96. The van der Waals surface area contributed by atoms with Gasteiger partial charge in [-0.3, -0.25) is 0 Å². The van der Waals surface area contributed by atoms with Crippen molar-refractivity contribution in [3.05, 3.63) is 29.0 Å². The monoisotopic (exact) mass is 247 g/mol. The Morgan fingerprint density at radius 3 is 2.93 bits per heavy atom. The summed E-state index contributed by atoms with van der Waals surface area (Å²) in [4.78, 5) is 0. The first-order valence-electron chi connectivity index (χ1n) is 5.00. The van der Waals surface area contributed by atoms with Gasteiger partial charge in [-0.1, -0.05) is 18.5 Å². The first-order chi connectivity index (χ1) is 7.24. The molecule has 0 aromatic heterocycles. The maximum atomic E-state index is 12.7. The smallest absolute Gasteiger partial charge is 0.124 e. The van der Waals surface area contributed by atoms with Gasteiger partial charge in [0, 0.05) is 6.54 Å². The van der Waals surface area contributed by atoms with E-state index in [1.54, 1.807) is 6.07 Å². The summed E-state index contributed by atoms with van der Waals surface area (Å²) >= 11 is 7.78. The van der Waals surface area contributed by atoms with Crippen molar-refractivity contribution >= 4 is 29.1 Å². The molecule has 0 aliphatic heterocycles. The fourth-order valence-electron chi connectivity index (χ4n) is 1.17. The van der Waals surface area contributed by atoms with Gasteiger partial charge in [-0.15, -0.1) is 0 Å². The van der Waals surface area contributed by atoms with Gasteiger partial charge in [0.2, 0.25) is 0 Å². The molecular formula is C11H15ClFNS. The number of hydrogen-bond acceptors (Lipinski definition) is 2. The van der Waals surface area contributed by atoms with E-state index in [4.69, 9.17) is 11.6 Å². The van der Waals surface area contributed by atoms with Crippen molar-refractivity contribution < 1.29 is 4.39 Å².